The van der Waals surface area contributed by atoms with Crippen LogP contribution in [0.1, 0.15) is 25.3 Å². The number of benzene rings is 1. The first-order chi connectivity index (χ1) is 13.5. The average molecular weight is 404 g/mol. The van der Waals surface area contributed by atoms with Crippen molar-refractivity contribution >= 4 is 34.9 Å². The van der Waals surface area contributed by atoms with Crippen molar-refractivity contribution in [3.05, 3.63) is 28.7 Å². The van der Waals surface area contributed by atoms with Gasteiger partial charge in [-0.3, -0.25) is 9.59 Å². The summed E-state index contributed by atoms with van der Waals surface area (Å²) in [7, 11) is 3.16. The minimum atomic E-state index is -0.281. The maximum absolute atomic E-state index is 12.4. The molecule has 28 heavy (non-hydrogen) atoms. The number of hydrogen-bond donors (Lipinski definition) is 0. The number of methoxy groups -OCH3 is 2. The molecule has 0 saturated carbocycles. The molecule has 0 radical (unpaired) electrons. The van der Waals surface area contributed by atoms with Crippen molar-refractivity contribution in [1.82, 2.24) is 4.90 Å². The van der Waals surface area contributed by atoms with Crippen LogP contribution in [0.25, 0.3) is 6.08 Å². The molecule has 8 heteroatoms. The van der Waals surface area contributed by atoms with Crippen molar-refractivity contribution in [2.45, 2.75) is 19.8 Å². The summed E-state index contributed by atoms with van der Waals surface area (Å²) >= 11 is 1.32. The first-order valence-corrected chi connectivity index (χ1v) is 10.0. The number of carbonyl (C=O) groups excluding carboxylic acids is 2. The molecule has 1 saturated heterocycles. The van der Waals surface area contributed by atoms with Crippen LogP contribution in [0.15, 0.2) is 28.1 Å². The van der Waals surface area contributed by atoms with Crippen molar-refractivity contribution in [1.29, 1.82) is 0 Å². The lowest BCUT2D eigenvalue weighted by molar-refractivity contribution is -0.149. The van der Waals surface area contributed by atoms with Gasteiger partial charge in [-0.1, -0.05) is 0 Å². The largest absolute Gasteiger partial charge is 0.497 e. The molecule has 3 rings (SSSR count). The Hall–Kier alpha value is -2.48. The SMILES string of the molecule is CCOC(=O)[C@H]1CCCN(C2=NC(=O)/C(=C/c3ccc(OC)cc3OC)S2)C1. The fourth-order valence-corrected chi connectivity index (χ4v) is 4.15. The molecular weight excluding hydrogens is 380 g/mol. The Labute approximate surface area is 168 Å². The van der Waals surface area contributed by atoms with Gasteiger partial charge in [0.05, 0.1) is 31.6 Å². The van der Waals surface area contributed by atoms with Gasteiger partial charge in [0.15, 0.2) is 5.17 Å². The zero-order valence-corrected chi connectivity index (χ0v) is 17.1. The summed E-state index contributed by atoms with van der Waals surface area (Å²) < 4.78 is 15.7. The molecule has 2 heterocycles. The van der Waals surface area contributed by atoms with E-state index in [1.165, 1.54) is 11.8 Å². The second-order valence-corrected chi connectivity index (χ2v) is 7.46. The number of thioether (sulfide) groups is 1. The van der Waals surface area contributed by atoms with Crippen LogP contribution in [0.3, 0.4) is 0 Å². The van der Waals surface area contributed by atoms with E-state index in [-0.39, 0.29) is 17.8 Å². The van der Waals surface area contributed by atoms with Gasteiger partial charge in [0.25, 0.3) is 5.91 Å². The quantitative estimate of drug-likeness (QED) is 0.551. The number of hydrogen-bond acceptors (Lipinski definition) is 7. The Morgan fingerprint density at radius 2 is 2.18 bits per heavy atom. The first-order valence-electron chi connectivity index (χ1n) is 9.21. The molecule has 0 spiro atoms. The number of ether oxygens (including phenoxy) is 3. The normalized spacial score (nSPS) is 20.9. The molecule has 0 aliphatic carbocycles. The lowest BCUT2D eigenvalue weighted by atomic mass is 9.99. The number of carbonyl (C=O) groups is 2. The number of likely N-dealkylation sites (tertiary alicyclic amines) is 1. The van der Waals surface area contributed by atoms with Crippen LogP contribution in [0.5, 0.6) is 11.5 Å². The van der Waals surface area contributed by atoms with Crippen molar-refractivity contribution in [2.75, 3.05) is 33.9 Å². The first kappa shape index (κ1) is 20.3. The van der Waals surface area contributed by atoms with E-state index in [0.29, 0.717) is 34.7 Å². The molecule has 0 unspecified atom stereocenters. The van der Waals surface area contributed by atoms with E-state index in [1.807, 2.05) is 17.0 Å². The van der Waals surface area contributed by atoms with Gasteiger partial charge in [-0.15, -0.1) is 0 Å². The molecule has 1 aromatic carbocycles. The molecule has 1 atom stereocenters. The monoisotopic (exact) mass is 404 g/mol. The zero-order valence-electron chi connectivity index (χ0n) is 16.3. The van der Waals surface area contributed by atoms with Crippen LogP contribution < -0.4 is 9.47 Å². The predicted octanol–water partition coefficient (Wildman–Crippen LogP) is 2.95. The highest BCUT2D eigenvalue weighted by Gasteiger charge is 2.32. The Morgan fingerprint density at radius 3 is 2.89 bits per heavy atom. The molecule has 7 nitrogen and oxygen atoms in total. The van der Waals surface area contributed by atoms with Crippen molar-refractivity contribution in [3.63, 3.8) is 0 Å². The Kier molecular flexibility index (Phi) is 6.61. The van der Waals surface area contributed by atoms with Crippen molar-refractivity contribution in [2.24, 2.45) is 10.9 Å². The van der Waals surface area contributed by atoms with Gasteiger partial charge >= 0.3 is 5.97 Å². The number of aliphatic imine (C=N–C) groups is 1. The number of nitrogens with zero attached hydrogens (tertiary/aromatic N) is 2. The van der Waals surface area contributed by atoms with E-state index in [4.69, 9.17) is 14.2 Å². The average Bonchev–Trinajstić information content (AvgIpc) is 3.09. The number of amidine groups is 1. The van der Waals surface area contributed by atoms with E-state index in [9.17, 15) is 9.59 Å². The van der Waals surface area contributed by atoms with E-state index < -0.39 is 0 Å². The fraction of sp³-hybridized carbons (Fsp3) is 0.450. The van der Waals surface area contributed by atoms with Crippen LogP contribution in [-0.4, -0.2) is 55.9 Å². The minimum absolute atomic E-state index is 0.179. The van der Waals surface area contributed by atoms with Crippen LogP contribution >= 0.6 is 11.8 Å². The van der Waals surface area contributed by atoms with Crippen LogP contribution in [-0.2, 0) is 14.3 Å². The van der Waals surface area contributed by atoms with Crippen LogP contribution in [0.4, 0.5) is 0 Å². The third-order valence-electron chi connectivity index (χ3n) is 4.65. The molecule has 0 N–H and O–H groups in total. The third kappa shape index (κ3) is 4.49. The summed E-state index contributed by atoms with van der Waals surface area (Å²) in [5.41, 5.74) is 0.777. The molecular formula is C20H24N2O5S. The Bertz CT molecular complexity index is 821. The summed E-state index contributed by atoms with van der Waals surface area (Å²) in [5, 5.41) is 0.637. The molecule has 2 aliphatic rings. The molecule has 0 aromatic heterocycles. The summed E-state index contributed by atoms with van der Waals surface area (Å²) in [6, 6.07) is 5.43. The lowest BCUT2D eigenvalue weighted by Crippen LogP contribution is -2.41. The molecule has 150 valence electrons. The van der Waals surface area contributed by atoms with Gasteiger partial charge < -0.3 is 19.1 Å². The molecule has 0 bridgehead atoms. The van der Waals surface area contributed by atoms with Gasteiger partial charge in [0, 0.05) is 24.7 Å². The van der Waals surface area contributed by atoms with Crippen LogP contribution in [0, 0.1) is 5.92 Å². The maximum atomic E-state index is 12.4. The predicted molar refractivity (Wildman–Crippen MR) is 108 cm³/mol. The van der Waals surface area contributed by atoms with Gasteiger partial charge in [-0.05, 0) is 49.7 Å². The summed E-state index contributed by atoms with van der Waals surface area (Å²) in [4.78, 5) is 31.2. The molecule has 1 aromatic rings. The highest BCUT2D eigenvalue weighted by molar-refractivity contribution is 8.18. The number of esters is 1. The topological polar surface area (TPSA) is 77.4 Å². The Morgan fingerprint density at radius 1 is 1.36 bits per heavy atom. The third-order valence-corrected chi connectivity index (χ3v) is 5.69. The highest BCUT2D eigenvalue weighted by atomic mass is 32.2. The second kappa shape index (κ2) is 9.14. The van der Waals surface area contributed by atoms with E-state index >= 15 is 0 Å². The van der Waals surface area contributed by atoms with Crippen LogP contribution in [0.2, 0.25) is 0 Å². The lowest BCUT2D eigenvalue weighted by Gasteiger charge is -2.32. The van der Waals surface area contributed by atoms with Gasteiger partial charge in [-0.25, -0.2) is 0 Å². The van der Waals surface area contributed by atoms with Crippen molar-refractivity contribution < 1.29 is 23.8 Å². The number of amides is 1. The van der Waals surface area contributed by atoms with E-state index in [0.717, 1.165) is 24.9 Å². The summed E-state index contributed by atoms with van der Waals surface area (Å²) in [6.45, 7) is 3.48. The zero-order chi connectivity index (χ0) is 20.1. The standard InChI is InChI=1S/C20H24N2O5S/c1-4-27-19(24)14-6-5-9-22(12-14)20-21-18(23)17(28-20)10-13-7-8-15(25-2)11-16(13)26-3/h7-8,10-11,14H,4-6,9,12H2,1-3H3/b17-10-/t14-/m0/s1. The fourth-order valence-electron chi connectivity index (χ4n) is 3.22. The molecule has 1 fully saturated rings. The molecule has 1 amide bonds. The summed E-state index contributed by atoms with van der Waals surface area (Å²) in [5.74, 6) is 0.660. The summed E-state index contributed by atoms with van der Waals surface area (Å²) in [6.07, 6.45) is 3.43. The van der Waals surface area contributed by atoms with E-state index in [2.05, 4.69) is 4.99 Å². The number of piperidine rings is 1. The van der Waals surface area contributed by atoms with Crippen molar-refractivity contribution in [3.8, 4) is 11.5 Å². The minimum Gasteiger partial charge on any atom is -0.497 e. The van der Waals surface area contributed by atoms with Gasteiger partial charge in [0.2, 0.25) is 0 Å². The maximum Gasteiger partial charge on any atom is 0.310 e. The second-order valence-electron chi connectivity index (χ2n) is 6.46. The smallest absolute Gasteiger partial charge is 0.310 e. The van der Waals surface area contributed by atoms with Gasteiger partial charge in [-0.2, -0.15) is 4.99 Å². The van der Waals surface area contributed by atoms with Gasteiger partial charge in [0.1, 0.15) is 11.5 Å². The molecule has 2 aliphatic heterocycles. The number of rotatable bonds is 5. The highest BCUT2D eigenvalue weighted by Crippen LogP contribution is 2.35. The van der Waals surface area contributed by atoms with E-state index in [1.54, 1.807) is 33.3 Å². The Balaban J connectivity index is 1.73.